The number of ether oxygens (including phenoxy) is 1. The molecule has 3 aromatic carbocycles. The van der Waals surface area contributed by atoms with Crippen molar-refractivity contribution in [2.24, 2.45) is 5.41 Å². The van der Waals surface area contributed by atoms with Gasteiger partial charge in [0.1, 0.15) is 12.1 Å². The van der Waals surface area contributed by atoms with Crippen LogP contribution < -0.4 is 25.6 Å². The normalized spacial score (nSPS) is 22.6. The minimum Gasteiger partial charge on any atom is -0.484 e. The van der Waals surface area contributed by atoms with Crippen molar-refractivity contribution in [2.75, 3.05) is 56.1 Å². The molecule has 326 valence electrons. The van der Waals surface area contributed by atoms with Crippen LogP contribution in [0.15, 0.2) is 91.5 Å². The molecule has 4 amide bonds. The van der Waals surface area contributed by atoms with Crippen molar-refractivity contribution < 1.29 is 23.9 Å². The number of imidazole rings is 1. The van der Waals surface area contributed by atoms with Gasteiger partial charge in [-0.15, -0.1) is 0 Å². The van der Waals surface area contributed by atoms with E-state index in [1.807, 2.05) is 53.7 Å². The molecule has 10 rings (SSSR count). The van der Waals surface area contributed by atoms with Crippen LogP contribution in [-0.4, -0.2) is 111 Å². The lowest BCUT2D eigenvalue weighted by atomic mass is 9.60. The van der Waals surface area contributed by atoms with E-state index in [9.17, 15) is 19.2 Å². The summed E-state index contributed by atoms with van der Waals surface area (Å²) in [5, 5.41) is 9.05. The van der Waals surface area contributed by atoms with E-state index in [1.54, 1.807) is 18.5 Å². The molecule has 3 aliphatic heterocycles. The summed E-state index contributed by atoms with van der Waals surface area (Å²) in [5.41, 5.74) is 5.80. The molecule has 2 saturated carbocycles. The zero-order valence-electron chi connectivity index (χ0n) is 35.5. The van der Waals surface area contributed by atoms with Crippen LogP contribution in [0.1, 0.15) is 74.5 Å². The molecule has 63 heavy (non-hydrogen) atoms. The summed E-state index contributed by atoms with van der Waals surface area (Å²) < 4.78 is 8.00. The van der Waals surface area contributed by atoms with Gasteiger partial charge in [0.2, 0.25) is 17.7 Å². The molecule has 5 fully saturated rings. The predicted molar refractivity (Wildman–Crippen MR) is 238 cm³/mol. The molecule has 15 nitrogen and oxygen atoms in total. The lowest BCUT2D eigenvalue weighted by molar-refractivity contribution is -0.138. The third-order valence-electron chi connectivity index (χ3n) is 14.1. The molecule has 3 N–H and O–H groups in total. The lowest BCUT2D eigenvalue weighted by Crippen LogP contribution is -2.59. The number of fused-ring (bicyclic) bond motifs is 1. The maximum atomic E-state index is 13.1. The van der Waals surface area contributed by atoms with E-state index in [0.29, 0.717) is 42.3 Å². The number of amides is 4. The van der Waals surface area contributed by atoms with Crippen LogP contribution in [0.25, 0.3) is 11.2 Å². The van der Waals surface area contributed by atoms with Crippen molar-refractivity contribution in [3.63, 3.8) is 0 Å². The minimum atomic E-state index is -0.387. The number of carbonyl (C=O) groups is 4. The van der Waals surface area contributed by atoms with E-state index < -0.39 is 0 Å². The summed E-state index contributed by atoms with van der Waals surface area (Å²) in [6.45, 7) is 5.53. The van der Waals surface area contributed by atoms with Crippen molar-refractivity contribution >= 4 is 52.0 Å². The van der Waals surface area contributed by atoms with Crippen LogP contribution in [0.2, 0.25) is 0 Å². The van der Waals surface area contributed by atoms with Gasteiger partial charge < -0.3 is 29.7 Å². The number of piperidine rings is 2. The van der Waals surface area contributed by atoms with Gasteiger partial charge in [0, 0.05) is 75.2 Å². The zero-order chi connectivity index (χ0) is 42.9. The summed E-state index contributed by atoms with van der Waals surface area (Å²) in [6, 6.07) is 26.6. The van der Waals surface area contributed by atoms with Crippen molar-refractivity contribution in [1.82, 2.24) is 40.0 Å². The van der Waals surface area contributed by atoms with E-state index in [-0.39, 0.29) is 48.2 Å². The molecule has 0 unspecified atom stereocenters. The van der Waals surface area contributed by atoms with E-state index in [1.165, 1.54) is 18.5 Å². The van der Waals surface area contributed by atoms with E-state index in [4.69, 9.17) is 9.72 Å². The van der Waals surface area contributed by atoms with Crippen LogP contribution in [0.5, 0.6) is 5.75 Å². The molecule has 0 radical (unpaired) electrons. The smallest absolute Gasteiger partial charge is 0.260 e. The molecule has 0 bridgehead atoms. The maximum absolute atomic E-state index is 13.1. The molecule has 2 aliphatic carbocycles. The van der Waals surface area contributed by atoms with Crippen LogP contribution in [0, 0.1) is 5.41 Å². The second-order valence-electron chi connectivity index (χ2n) is 18.1. The molecular weight excluding hydrogens is 797 g/mol. The zero-order valence-corrected chi connectivity index (χ0v) is 35.5. The Kier molecular flexibility index (Phi) is 11.3. The van der Waals surface area contributed by atoms with Gasteiger partial charge in [-0.3, -0.25) is 29.4 Å². The first-order valence-corrected chi connectivity index (χ1v) is 22.5. The van der Waals surface area contributed by atoms with Gasteiger partial charge in [0.25, 0.3) is 5.91 Å². The van der Waals surface area contributed by atoms with Crippen molar-refractivity contribution in [1.29, 1.82) is 0 Å². The standard InChI is InChI=1S/C48H54N10O5/c59-41-14-13-40(47(62)54-41)33-7-4-8-39(24-33)63-29-43(61)57-17-15-48(16-18-57)27-38(28-48)56-21-19-55(20-22-56)36-11-9-34(10-12-36)53-45-44-46(50-30-49-45)58(31-51-44)37-25-35(26-37)52-42(60)23-32-5-2-1-3-6-32/h1-12,24,30-31,35,37-38,40H,13-23,25-29H2,(H,52,60)(H,49,50,53)(H,54,59,62)/t35?,37?,40-/m0/s1. The first-order chi connectivity index (χ1) is 30.7. The SMILES string of the molecule is O=C1CC[C@@H](c2cccc(OCC(=O)N3CCC4(CC3)CC(N3CCN(c5ccc(Nc6ncnc7c6ncn7C6CC(NC(=O)Cc7ccccc7)C6)cc5)CC3)C4)c2)C(=O)N1. The highest BCUT2D eigenvalue weighted by Crippen LogP contribution is 2.51. The Morgan fingerprint density at radius 3 is 2.38 bits per heavy atom. The van der Waals surface area contributed by atoms with Gasteiger partial charge >= 0.3 is 0 Å². The Bertz CT molecular complexity index is 2460. The van der Waals surface area contributed by atoms with Gasteiger partial charge in [-0.1, -0.05) is 42.5 Å². The van der Waals surface area contributed by atoms with E-state index >= 15 is 0 Å². The number of nitrogens with zero attached hydrogens (tertiary/aromatic N) is 7. The van der Waals surface area contributed by atoms with E-state index in [2.05, 4.69) is 64.6 Å². The molecule has 5 aliphatic rings. The third-order valence-corrected chi connectivity index (χ3v) is 14.1. The number of aromatic nitrogens is 4. The highest BCUT2D eigenvalue weighted by molar-refractivity contribution is 6.01. The quantitative estimate of drug-likeness (QED) is 0.143. The Labute approximate surface area is 366 Å². The first-order valence-electron chi connectivity index (χ1n) is 22.5. The molecule has 1 atom stereocenters. The summed E-state index contributed by atoms with van der Waals surface area (Å²) in [4.78, 5) is 70.5. The largest absolute Gasteiger partial charge is 0.484 e. The van der Waals surface area contributed by atoms with Crippen LogP contribution >= 0.6 is 0 Å². The number of piperazine rings is 1. The number of anilines is 3. The Morgan fingerprint density at radius 2 is 1.62 bits per heavy atom. The number of hydrogen-bond acceptors (Lipinski definition) is 11. The Balaban J connectivity index is 0.646. The highest BCUT2D eigenvalue weighted by Gasteiger charge is 2.48. The van der Waals surface area contributed by atoms with Crippen molar-refractivity contribution in [3.8, 4) is 5.75 Å². The molecule has 5 aromatic rings. The number of imide groups is 1. The second-order valence-corrected chi connectivity index (χ2v) is 18.1. The van der Waals surface area contributed by atoms with Crippen LogP contribution in [-0.2, 0) is 25.6 Å². The van der Waals surface area contributed by atoms with Crippen molar-refractivity contribution in [2.45, 2.75) is 81.8 Å². The third kappa shape index (κ3) is 8.83. The minimum absolute atomic E-state index is 0.00679. The Morgan fingerprint density at radius 1 is 0.841 bits per heavy atom. The lowest BCUT2D eigenvalue weighted by Gasteiger charge is -2.56. The van der Waals surface area contributed by atoms with Gasteiger partial charge in [-0.05, 0) is 97.9 Å². The number of carbonyl (C=O) groups excluding carboxylic acids is 4. The number of likely N-dealkylation sites (tertiary alicyclic amines) is 1. The number of benzene rings is 3. The van der Waals surface area contributed by atoms with Gasteiger partial charge in [0.05, 0.1) is 18.7 Å². The van der Waals surface area contributed by atoms with Crippen molar-refractivity contribution in [3.05, 3.63) is 103 Å². The fourth-order valence-electron chi connectivity index (χ4n) is 10.3. The summed E-state index contributed by atoms with van der Waals surface area (Å²) >= 11 is 0. The van der Waals surface area contributed by atoms with Gasteiger partial charge in [0.15, 0.2) is 23.6 Å². The summed E-state index contributed by atoms with van der Waals surface area (Å²) in [7, 11) is 0. The number of hydrogen-bond donors (Lipinski definition) is 3. The van der Waals surface area contributed by atoms with Gasteiger partial charge in [-0.2, -0.15) is 0 Å². The molecule has 15 heteroatoms. The van der Waals surface area contributed by atoms with Crippen LogP contribution in [0.3, 0.4) is 0 Å². The van der Waals surface area contributed by atoms with Gasteiger partial charge in [-0.25, -0.2) is 15.0 Å². The topological polar surface area (TPSA) is 167 Å². The van der Waals surface area contributed by atoms with E-state index in [0.717, 1.165) is 92.9 Å². The second kappa shape index (κ2) is 17.4. The summed E-state index contributed by atoms with van der Waals surface area (Å²) in [5.74, 6) is 0.364. The average Bonchev–Trinajstić information content (AvgIpc) is 3.71. The number of nitrogens with one attached hydrogen (secondary N) is 3. The molecule has 3 saturated heterocycles. The maximum Gasteiger partial charge on any atom is 0.260 e. The Hall–Kier alpha value is -6.35. The van der Waals surface area contributed by atoms with Crippen LogP contribution in [0.4, 0.5) is 17.2 Å². The highest BCUT2D eigenvalue weighted by atomic mass is 16.5. The molecule has 5 heterocycles. The first kappa shape index (κ1) is 40.7. The molecule has 2 aromatic heterocycles. The molecule has 1 spiro atoms. The predicted octanol–water partition coefficient (Wildman–Crippen LogP) is 5.12. The monoisotopic (exact) mass is 850 g/mol. The number of rotatable bonds is 12. The fourth-order valence-corrected chi connectivity index (χ4v) is 10.3. The summed E-state index contributed by atoms with van der Waals surface area (Å²) in [6.07, 6.45) is 10.7. The average molecular weight is 851 g/mol. The molecular formula is C48H54N10O5. The fraction of sp³-hybridized carbons (Fsp3) is 0.438.